The Kier molecular flexibility index (Phi) is 5.97. The fraction of sp³-hybridized carbons (Fsp3) is 0.333. The number of carboxylic acids is 1. The Hall–Kier alpha value is -2.56. The zero-order valence-corrected chi connectivity index (χ0v) is 13.5. The zero-order valence-electron chi connectivity index (χ0n) is 13.5. The van der Waals surface area contributed by atoms with Gasteiger partial charge in [0.05, 0.1) is 12.9 Å². The van der Waals surface area contributed by atoms with Crippen molar-refractivity contribution in [2.24, 2.45) is 5.92 Å². The van der Waals surface area contributed by atoms with Crippen LogP contribution in [0.15, 0.2) is 54.6 Å². The third-order valence-corrected chi connectivity index (χ3v) is 3.30. The normalized spacial score (nSPS) is 11.7. The molecule has 0 amide bonds. The Morgan fingerprint density at radius 1 is 1.35 bits per heavy atom. The first-order valence-corrected chi connectivity index (χ1v) is 7.66. The smallest absolute Gasteiger partial charge is 0.331 e. The second-order valence-corrected chi connectivity index (χ2v) is 5.71. The minimum Gasteiger partial charge on any atom is -0.492 e. The molecule has 0 unspecified atom stereocenters. The lowest BCUT2D eigenvalue weighted by molar-refractivity contribution is -0.132. The summed E-state index contributed by atoms with van der Waals surface area (Å²) in [5.41, 5.74) is 1.38. The highest BCUT2D eigenvalue weighted by molar-refractivity contribution is 5.87. The largest absolute Gasteiger partial charge is 0.492 e. The standard InChI is InChI=1S/C18H22N2O3/c1-14(2)11-16(18(21)22)12-15-3-5-17(6-4-15)23-10-9-20-8-7-19-13-20/h3-8,11,13-14H,9-10,12H2,1-2H3,(H,21,22). The first-order valence-electron chi connectivity index (χ1n) is 7.66. The van der Waals surface area contributed by atoms with E-state index in [0.29, 0.717) is 18.6 Å². The van der Waals surface area contributed by atoms with Crippen molar-refractivity contribution in [3.63, 3.8) is 0 Å². The topological polar surface area (TPSA) is 64.4 Å². The summed E-state index contributed by atoms with van der Waals surface area (Å²) in [6.07, 6.45) is 7.59. The van der Waals surface area contributed by atoms with Crippen molar-refractivity contribution >= 4 is 5.97 Å². The maximum atomic E-state index is 11.3. The van der Waals surface area contributed by atoms with Gasteiger partial charge in [0.15, 0.2) is 0 Å². The van der Waals surface area contributed by atoms with Crippen molar-refractivity contribution in [2.45, 2.75) is 26.8 Å². The van der Waals surface area contributed by atoms with Gasteiger partial charge >= 0.3 is 5.97 Å². The van der Waals surface area contributed by atoms with Crippen molar-refractivity contribution in [3.05, 3.63) is 60.2 Å². The Morgan fingerprint density at radius 3 is 2.65 bits per heavy atom. The molecule has 1 aromatic carbocycles. The number of carbonyl (C=O) groups is 1. The molecule has 1 heterocycles. The third kappa shape index (κ3) is 5.62. The quantitative estimate of drug-likeness (QED) is 0.760. The van der Waals surface area contributed by atoms with Gasteiger partial charge in [0.2, 0.25) is 0 Å². The molecule has 0 saturated heterocycles. The number of aromatic nitrogens is 2. The molecule has 0 fully saturated rings. The van der Waals surface area contributed by atoms with Crippen LogP contribution in [0.2, 0.25) is 0 Å². The number of hydrogen-bond acceptors (Lipinski definition) is 3. The minimum absolute atomic E-state index is 0.215. The number of allylic oxidation sites excluding steroid dienone is 1. The van der Waals surface area contributed by atoms with Crippen molar-refractivity contribution in [3.8, 4) is 5.75 Å². The van der Waals surface area contributed by atoms with Crippen molar-refractivity contribution in [1.82, 2.24) is 9.55 Å². The van der Waals surface area contributed by atoms with Gasteiger partial charge in [-0.3, -0.25) is 0 Å². The molecule has 0 aliphatic heterocycles. The third-order valence-electron chi connectivity index (χ3n) is 3.30. The lowest BCUT2D eigenvalue weighted by Crippen LogP contribution is -2.07. The second-order valence-electron chi connectivity index (χ2n) is 5.71. The summed E-state index contributed by atoms with van der Waals surface area (Å²) < 4.78 is 7.62. The number of benzene rings is 1. The number of nitrogens with zero attached hydrogens (tertiary/aromatic N) is 2. The lowest BCUT2D eigenvalue weighted by atomic mass is 10.0. The molecule has 2 rings (SSSR count). The van der Waals surface area contributed by atoms with Crippen molar-refractivity contribution in [2.75, 3.05) is 6.61 Å². The van der Waals surface area contributed by atoms with E-state index < -0.39 is 5.97 Å². The van der Waals surface area contributed by atoms with Crippen LogP contribution < -0.4 is 4.74 Å². The summed E-state index contributed by atoms with van der Waals surface area (Å²) in [6.45, 7) is 5.24. The lowest BCUT2D eigenvalue weighted by Gasteiger charge is -2.09. The maximum Gasteiger partial charge on any atom is 0.331 e. The van der Waals surface area contributed by atoms with Crippen LogP contribution in [-0.2, 0) is 17.8 Å². The van der Waals surface area contributed by atoms with Gasteiger partial charge in [-0.2, -0.15) is 0 Å². The molecule has 1 aromatic heterocycles. The highest BCUT2D eigenvalue weighted by atomic mass is 16.5. The van der Waals surface area contributed by atoms with Crippen LogP contribution in [-0.4, -0.2) is 27.2 Å². The van der Waals surface area contributed by atoms with Crippen molar-refractivity contribution < 1.29 is 14.6 Å². The first kappa shape index (κ1) is 16.8. The summed E-state index contributed by atoms with van der Waals surface area (Å²) in [7, 11) is 0. The van der Waals surface area contributed by atoms with Gasteiger partial charge in [0.1, 0.15) is 12.4 Å². The van der Waals surface area contributed by atoms with E-state index in [9.17, 15) is 9.90 Å². The summed E-state index contributed by atoms with van der Waals surface area (Å²) in [4.78, 5) is 15.2. The molecule has 0 aliphatic carbocycles. The minimum atomic E-state index is -0.862. The van der Waals surface area contributed by atoms with Crippen LogP contribution in [0.25, 0.3) is 0 Å². The average molecular weight is 314 g/mol. The number of carboxylic acid groups (broad SMARTS) is 1. The SMILES string of the molecule is CC(C)C=C(Cc1ccc(OCCn2ccnc2)cc1)C(=O)O. The molecular weight excluding hydrogens is 292 g/mol. The van der Waals surface area contributed by atoms with Crippen LogP contribution in [0.3, 0.4) is 0 Å². The average Bonchev–Trinajstić information content (AvgIpc) is 3.01. The van der Waals surface area contributed by atoms with Gasteiger partial charge in [0.25, 0.3) is 0 Å². The highest BCUT2D eigenvalue weighted by Crippen LogP contribution is 2.16. The molecule has 5 heteroatoms. The monoisotopic (exact) mass is 314 g/mol. The molecular formula is C18H22N2O3. The molecule has 0 radical (unpaired) electrons. The van der Waals surface area contributed by atoms with Gasteiger partial charge in [-0.15, -0.1) is 0 Å². The number of rotatable bonds is 8. The van der Waals surface area contributed by atoms with Gasteiger partial charge in [-0.05, 0) is 23.6 Å². The van der Waals surface area contributed by atoms with Crippen LogP contribution in [0.4, 0.5) is 0 Å². The van der Waals surface area contributed by atoms with Crippen LogP contribution in [0.1, 0.15) is 19.4 Å². The predicted octanol–water partition coefficient (Wildman–Crippen LogP) is 3.17. The summed E-state index contributed by atoms with van der Waals surface area (Å²) in [5, 5.41) is 9.24. The van der Waals surface area contributed by atoms with E-state index in [-0.39, 0.29) is 5.92 Å². The fourth-order valence-electron chi connectivity index (χ4n) is 2.22. The molecule has 0 saturated carbocycles. The molecule has 0 aliphatic rings. The van der Waals surface area contributed by atoms with Gasteiger partial charge in [-0.25, -0.2) is 9.78 Å². The first-order chi connectivity index (χ1) is 11.0. The number of hydrogen-bond donors (Lipinski definition) is 1. The Morgan fingerprint density at radius 2 is 2.09 bits per heavy atom. The molecule has 23 heavy (non-hydrogen) atoms. The van der Waals surface area contributed by atoms with E-state index in [2.05, 4.69) is 4.98 Å². The Balaban J connectivity index is 1.89. The van der Waals surface area contributed by atoms with Gasteiger partial charge < -0.3 is 14.4 Å². The van der Waals surface area contributed by atoms with E-state index in [1.54, 1.807) is 18.6 Å². The Bertz CT molecular complexity index is 643. The molecule has 5 nitrogen and oxygen atoms in total. The van der Waals surface area contributed by atoms with E-state index in [0.717, 1.165) is 17.9 Å². The molecule has 0 bridgehead atoms. The highest BCUT2D eigenvalue weighted by Gasteiger charge is 2.09. The number of imidazole rings is 1. The summed E-state index contributed by atoms with van der Waals surface area (Å²) in [6, 6.07) is 7.56. The predicted molar refractivity (Wildman–Crippen MR) is 88.4 cm³/mol. The van der Waals surface area contributed by atoms with Crippen LogP contribution in [0, 0.1) is 5.92 Å². The molecule has 1 N–H and O–H groups in total. The van der Waals surface area contributed by atoms with E-state index in [4.69, 9.17) is 4.74 Å². The number of aliphatic carboxylic acids is 1. The van der Waals surface area contributed by atoms with Crippen LogP contribution >= 0.6 is 0 Å². The van der Waals surface area contributed by atoms with Gasteiger partial charge in [-0.1, -0.05) is 32.1 Å². The van der Waals surface area contributed by atoms with E-state index >= 15 is 0 Å². The zero-order chi connectivity index (χ0) is 16.7. The number of ether oxygens (including phenoxy) is 1. The van der Waals surface area contributed by atoms with Crippen LogP contribution in [0.5, 0.6) is 5.75 Å². The fourth-order valence-corrected chi connectivity index (χ4v) is 2.22. The van der Waals surface area contributed by atoms with E-state index in [1.165, 1.54) is 0 Å². The second kappa shape index (κ2) is 8.17. The Labute approximate surface area is 136 Å². The van der Waals surface area contributed by atoms with E-state index in [1.807, 2.05) is 48.9 Å². The maximum absolute atomic E-state index is 11.3. The molecule has 0 spiro atoms. The summed E-state index contributed by atoms with van der Waals surface area (Å²) >= 11 is 0. The van der Waals surface area contributed by atoms with Gasteiger partial charge in [0, 0.05) is 24.4 Å². The molecule has 2 aromatic rings. The molecule has 122 valence electrons. The van der Waals surface area contributed by atoms with Crippen molar-refractivity contribution in [1.29, 1.82) is 0 Å². The summed E-state index contributed by atoms with van der Waals surface area (Å²) in [5.74, 6) is 0.129. The molecule has 0 atom stereocenters.